The third kappa shape index (κ3) is 3.47. The van der Waals surface area contributed by atoms with Crippen LogP contribution in [0, 0.1) is 17.0 Å². The highest BCUT2D eigenvalue weighted by atomic mass is 32.2. The molecule has 1 atom stereocenters. The van der Waals surface area contributed by atoms with Gasteiger partial charge < -0.3 is 10.0 Å². The van der Waals surface area contributed by atoms with Gasteiger partial charge in [0.1, 0.15) is 0 Å². The number of benzene rings is 1. The third-order valence-electron chi connectivity index (χ3n) is 3.83. The van der Waals surface area contributed by atoms with Crippen molar-refractivity contribution in [3.63, 3.8) is 0 Å². The number of thioether (sulfide) groups is 1. The van der Waals surface area contributed by atoms with E-state index in [1.165, 1.54) is 6.07 Å². The normalized spacial score (nSPS) is 21.1. The summed E-state index contributed by atoms with van der Waals surface area (Å²) in [5, 5.41) is 8.92. The van der Waals surface area contributed by atoms with Gasteiger partial charge in [-0.25, -0.2) is 8.78 Å². The largest absolute Gasteiger partial charge is 0.481 e. The summed E-state index contributed by atoms with van der Waals surface area (Å²) in [6, 6.07) is 2.98. The molecule has 1 unspecified atom stereocenters. The first-order valence-electron chi connectivity index (χ1n) is 6.72. The summed E-state index contributed by atoms with van der Waals surface area (Å²) in [6.45, 7) is -1.29. The van der Waals surface area contributed by atoms with Crippen LogP contribution in [0.3, 0.4) is 0 Å². The highest BCUT2D eigenvalue weighted by molar-refractivity contribution is 8.00. The number of likely N-dealkylation sites (tertiary alicyclic amines) is 1. The van der Waals surface area contributed by atoms with Gasteiger partial charge >= 0.3 is 12.1 Å². The third-order valence-corrected chi connectivity index (χ3v) is 4.81. The molecule has 0 saturated carbocycles. The molecule has 1 aliphatic heterocycles. The maximum atomic E-state index is 13.1. The van der Waals surface area contributed by atoms with Gasteiger partial charge in [0.2, 0.25) is 5.91 Å². The quantitative estimate of drug-likeness (QED) is 0.655. The van der Waals surface area contributed by atoms with Gasteiger partial charge in [0.25, 0.3) is 0 Å². The van der Waals surface area contributed by atoms with E-state index in [4.69, 9.17) is 5.11 Å². The van der Waals surface area contributed by atoms with Gasteiger partial charge in [-0.15, -0.1) is 11.8 Å². The molecule has 10 heteroatoms. The Morgan fingerprint density at radius 3 is 2.42 bits per heavy atom. The van der Waals surface area contributed by atoms with Crippen LogP contribution in [0.5, 0.6) is 0 Å². The predicted molar refractivity (Wildman–Crippen MR) is 74.4 cm³/mol. The van der Waals surface area contributed by atoms with Gasteiger partial charge in [-0.2, -0.15) is 13.2 Å². The van der Waals surface area contributed by atoms with Crippen LogP contribution in [-0.4, -0.2) is 46.9 Å². The molecular weight excluding hydrogens is 357 g/mol. The second kappa shape index (κ2) is 6.58. The standard InChI is InChI=1S/C14H12F5NO3S/c15-9-2-1-8(5-10(9)16)24-6-11(21)20-4-3-13(7-20,12(22)23)14(17,18)19/h1-2,5H,3-4,6-7H2,(H,22,23). The van der Waals surface area contributed by atoms with Gasteiger partial charge in [0.05, 0.1) is 5.75 Å². The molecule has 1 amide bonds. The van der Waals surface area contributed by atoms with Crippen molar-refractivity contribution in [2.24, 2.45) is 5.41 Å². The van der Waals surface area contributed by atoms with Crippen LogP contribution in [-0.2, 0) is 9.59 Å². The van der Waals surface area contributed by atoms with Crippen LogP contribution >= 0.6 is 11.8 Å². The van der Waals surface area contributed by atoms with Crippen molar-refractivity contribution >= 4 is 23.6 Å². The predicted octanol–water partition coefficient (Wildman–Crippen LogP) is 2.92. The molecule has 0 spiro atoms. The number of halogens is 5. The molecule has 1 heterocycles. The van der Waals surface area contributed by atoms with Crippen molar-refractivity contribution in [2.75, 3.05) is 18.8 Å². The number of rotatable bonds is 4. The van der Waals surface area contributed by atoms with Gasteiger partial charge in [-0.3, -0.25) is 9.59 Å². The van der Waals surface area contributed by atoms with Crippen molar-refractivity contribution in [1.82, 2.24) is 4.90 Å². The first-order chi connectivity index (χ1) is 11.1. The van der Waals surface area contributed by atoms with E-state index in [9.17, 15) is 31.5 Å². The highest BCUT2D eigenvalue weighted by Crippen LogP contribution is 2.45. The number of nitrogens with zero attached hydrogens (tertiary/aromatic N) is 1. The van der Waals surface area contributed by atoms with Crippen LogP contribution in [0.1, 0.15) is 6.42 Å². The van der Waals surface area contributed by atoms with Crippen molar-refractivity contribution in [3.05, 3.63) is 29.8 Å². The first-order valence-corrected chi connectivity index (χ1v) is 7.71. The Morgan fingerprint density at radius 1 is 1.25 bits per heavy atom. The van der Waals surface area contributed by atoms with E-state index in [0.717, 1.165) is 28.8 Å². The average Bonchev–Trinajstić information content (AvgIpc) is 2.94. The summed E-state index contributed by atoms with van der Waals surface area (Å²) in [6.07, 6.45) is -5.69. The molecular formula is C14H12F5NO3S. The number of aliphatic carboxylic acids is 1. The Labute approximate surface area is 137 Å². The Hall–Kier alpha value is -1.84. The van der Waals surface area contributed by atoms with Crippen molar-refractivity contribution < 1.29 is 36.6 Å². The fraction of sp³-hybridized carbons (Fsp3) is 0.429. The summed E-state index contributed by atoms with van der Waals surface area (Å²) in [4.78, 5) is 24.1. The zero-order valence-electron chi connectivity index (χ0n) is 12.1. The molecule has 24 heavy (non-hydrogen) atoms. The molecule has 1 N–H and O–H groups in total. The maximum absolute atomic E-state index is 13.1. The number of amides is 1. The molecule has 1 fully saturated rings. The van der Waals surface area contributed by atoms with Crippen molar-refractivity contribution in [3.8, 4) is 0 Å². The van der Waals surface area contributed by atoms with E-state index in [0.29, 0.717) is 0 Å². The molecule has 0 aromatic heterocycles. The lowest BCUT2D eigenvalue weighted by molar-refractivity contribution is -0.227. The Bertz CT molecular complexity index is 666. The second-order valence-corrected chi connectivity index (χ2v) is 6.36. The summed E-state index contributed by atoms with van der Waals surface area (Å²) in [5.41, 5.74) is -2.96. The molecule has 132 valence electrons. The van der Waals surface area contributed by atoms with E-state index < -0.39 is 48.1 Å². The molecule has 0 radical (unpaired) electrons. The maximum Gasteiger partial charge on any atom is 0.406 e. The first kappa shape index (κ1) is 18.5. The van der Waals surface area contributed by atoms with Gasteiger partial charge in [-0.1, -0.05) is 0 Å². The molecule has 2 rings (SSSR count). The summed E-state index contributed by atoms with van der Waals surface area (Å²) >= 11 is 0.828. The van der Waals surface area contributed by atoms with E-state index in [-0.39, 0.29) is 17.2 Å². The average molecular weight is 369 g/mol. The monoisotopic (exact) mass is 369 g/mol. The van der Waals surface area contributed by atoms with Crippen LogP contribution in [0.4, 0.5) is 22.0 Å². The van der Waals surface area contributed by atoms with Crippen LogP contribution in [0.25, 0.3) is 0 Å². The zero-order chi connectivity index (χ0) is 18.1. The van der Waals surface area contributed by atoms with E-state index in [1.807, 2.05) is 0 Å². The topological polar surface area (TPSA) is 57.6 Å². The highest BCUT2D eigenvalue weighted by Gasteiger charge is 2.64. The lowest BCUT2D eigenvalue weighted by Gasteiger charge is -2.27. The number of hydrogen-bond acceptors (Lipinski definition) is 3. The Kier molecular flexibility index (Phi) is 5.07. The van der Waals surface area contributed by atoms with Crippen molar-refractivity contribution in [1.29, 1.82) is 0 Å². The molecule has 0 aliphatic carbocycles. The number of carbonyl (C=O) groups excluding carboxylic acids is 1. The molecule has 1 saturated heterocycles. The van der Waals surface area contributed by atoms with E-state index in [2.05, 4.69) is 0 Å². The second-order valence-electron chi connectivity index (χ2n) is 5.31. The summed E-state index contributed by atoms with van der Waals surface area (Å²) in [5.74, 6) is -5.17. The lowest BCUT2D eigenvalue weighted by atomic mass is 9.86. The van der Waals surface area contributed by atoms with Crippen LogP contribution in [0.2, 0.25) is 0 Å². The van der Waals surface area contributed by atoms with E-state index >= 15 is 0 Å². The van der Waals surface area contributed by atoms with Gasteiger partial charge in [0.15, 0.2) is 17.0 Å². The number of hydrogen-bond donors (Lipinski definition) is 1. The fourth-order valence-corrected chi connectivity index (χ4v) is 3.18. The molecule has 1 aromatic carbocycles. The minimum Gasteiger partial charge on any atom is -0.481 e. The number of carboxylic acids is 1. The molecule has 1 aromatic rings. The Morgan fingerprint density at radius 2 is 1.92 bits per heavy atom. The molecule has 4 nitrogen and oxygen atoms in total. The SMILES string of the molecule is O=C(CSc1ccc(F)c(F)c1)N1CCC(C(=O)O)(C(F)(F)F)C1. The van der Waals surface area contributed by atoms with Gasteiger partial charge in [0, 0.05) is 18.0 Å². The summed E-state index contributed by atoms with van der Waals surface area (Å²) in [7, 11) is 0. The molecule has 1 aliphatic rings. The fourth-order valence-electron chi connectivity index (χ4n) is 2.35. The Balaban J connectivity index is 2.01. The van der Waals surface area contributed by atoms with E-state index in [1.54, 1.807) is 0 Å². The van der Waals surface area contributed by atoms with Crippen LogP contribution in [0.15, 0.2) is 23.1 Å². The number of carboxylic acid groups (broad SMARTS) is 1. The van der Waals surface area contributed by atoms with Crippen LogP contribution < -0.4 is 0 Å². The smallest absolute Gasteiger partial charge is 0.406 e. The minimum absolute atomic E-state index is 0.238. The van der Waals surface area contributed by atoms with Crippen molar-refractivity contribution in [2.45, 2.75) is 17.5 Å². The number of carbonyl (C=O) groups is 2. The zero-order valence-corrected chi connectivity index (χ0v) is 12.9. The molecule has 0 bridgehead atoms. The summed E-state index contributed by atoms with van der Waals surface area (Å²) < 4.78 is 65.0. The lowest BCUT2D eigenvalue weighted by Crippen LogP contribution is -2.47. The van der Waals surface area contributed by atoms with Gasteiger partial charge in [-0.05, 0) is 24.6 Å². The minimum atomic E-state index is -4.97. The number of alkyl halides is 3.